The van der Waals surface area contributed by atoms with Crippen molar-refractivity contribution in [3.8, 4) is 0 Å². The molecule has 6 aliphatic carbocycles. The number of rotatable bonds is 2. The number of carbonyl (C=O) groups excluding carboxylic acids is 2. The number of carbonyl (C=O) groups is 2. The molecule has 4 atom stereocenters. The molecule has 3 nitrogen and oxygen atoms in total. The minimum absolute atomic E-state index is 0.0107. The fourth-order valence-corrected chi connectivity index (χ4v) is 11.0. The molecule has 7 aliphatic rings. The number of hydrogen-bond donors (Lipinski definition) is 0. The predicted octanol–water partition coefficient (Wildman–Crippen LogP) is 5.65. The van der Waals surface area contributed by atoms with Crippen molar-refractivity contribution >= 4 is 81.4 Å². The molecule has 1 aliphatic heterocycles. The second-order valence-corrected chi connectivity index (χ2v) is 13.5. The maximum absolute atomic E-state index is 13.5. The zero-order valence-electron chi connectivity index (χ0n) is 15.4. The third kappa shape index (κ3) is 2.09. The van der Waals surface area contributed by atoms with Gasteiger partial charge in [-0.3, -0.25) is 14.5 Å². The van der Waals surface area contributed by atoms with E-state index in [2.05, 4.69) is 0 Å². The van der Waals surface area contributed by atoms with Crippen molar-refractivity contribution in [3.63, 3.8) is 0 Å². The van der Waals surface area contributed by atoms with Crippen LogP contribution in [-0.2, 0) is 9.59 Å². The summed E-state index contributed by atoms with van der Waals surface area (Å²) in [5.41, 5.74) is 0.0107. The van der Waals surface area contributed by atoms with Crippen LogP contribution in [0.3, 0.4) is 0 Å². The summed E-state index contributed by atoms with van der Waals surface area (Å²) in [7, 11) is 0. The average molecular weight is 518 g/mol. The molecular weight excluding hydrogens is 499 g/mol. The molecule has 0 radical (unpaired) electrons. The fourth-order valence-electron chi connectivity index (χ4n) is 8.03. The van der Waals surface area contributed by atoms with Gasteiger partial charge in [-0.15, -0.1) is 23.2 Å². The number of imide groups is 1. The molecule has 2 amide bonds. The van der Waals surface area contributed by atoms with Crippen LogP contribution in [-0.4, -0.2) is 37.3 Å². The Hall–Kier alpha value is 0.620. The summed E-state index contributed by atoms with van der Waals surface area (Å²) in [6.07, 6.45) is 7.11. The van der Waals surface area contributed by atoms with Gasteiger partial charge in [-0.1, -0.05) is 46.4 Å². The Morgan fingerprint density at radius 1 is 0.759 bits per heavy atom. The Kier molecular flexibility index (Phi) is 4.01. The smallest absolute Gasteiger partial charge is 0.235 e. The van der Waals surface area contributed by atoms with Crippen LogP contribution < -0.4 is 0 Å². The number of halogens is 6. The molecule has 1 saturated heterocycles. The van der Waals surface area contributed by atoms with Crippen LogP contribution in [0.4, 0.5) is 0 Å². The first-order chi connectivity index (χ1) is 13.5. The summed E-state index contributed by atoms with van der Waals surface area (Å²) in [5.74, 6) is -0.615. The second kappa shape index (κ2) is 5.75. The normalized spacial score (nSPS) is 54.1. The lowest BCUT2D eigenvalue weighted by Crippen LogP contribution is -2.55. The largest absolute Gasteiger partial charge is 0.281 e. The Morgan fingerprint density at radius 3 is 1.52 bits per heavy atom. The van der Waals surface area contributed by atoms with E-state index in [4.69, 9.17) is 69.6 Å². The summed E-state index contributed by atoms with van der Waals surface area (Å²) < 4.78 is -1.86. The molecule has 0 aromatic rings. The number of hydrogen-bond acceptors (Lipinski definition) is 2. The van der Waals surface area contributed by atoms with Gasteiger partial charge in [0.15, 0.2) is 4.33 Å². The number of nitrogens with zero attached hydrogens (tertiary/aromatic N) is 1. The third-order valence-electron chi connectivity index (χ3n) is 8.66. The van der Waals surface area contributed by atoms with Crippen molar-refractivity contribution < 1.29 is 9.59 Å². The van der Waals surface area contributed by atoms with Crippen molar-refractivity contribution in [1.82, 2.24) is 4.90 Å². The van der Waals surface area contributed by atoms with Crippen LogP contribution in [0, 0.1) is 35.0 Å². The first-order valence-electron chi connectivity index (χ1n) is 10.1. The molecule has 0 aromatic carbocycles. The van der Waals surface area contributed by atoms with Crippen molar-refractivity contribution in [2.75, 3.05) is 6.54 Å². The highest BCUT2D eigenvalue weighted by atomic mass is 35.5. The van der Waals surface area contributed by atoms with Gasteiger partial charge in [-0.05, 0) is 61.7 Å². The molecule has 9 heteroatoms. The lowest BCUT2D eigenvalue weighted by atomic mass is 9.49. The van der Waals surface area contributed by atoms with Crippen LogP contribution in [0.1, 0.15) is 38.5 Å². The SMILES string of the molecule is O=C1[C@H]2[C@H](C(=O)N1CC13CC4CC(CC(C4)C1)C3)[C@]1(Cl)C(Cl)=C(Cl)[C@]2(Cl)C1(Cl)Cl. The number of fused-ring (bicyclic) bond motifs is 5. The monoisotopic (exact) mass is 515 g/mol. The zero-order chi connectivity index (χ0) is 20.7. The van der Waals surface area contributed by atoms with Crippen molar-refractivity contribution in [2.24, 2.45) is 35.0 Å². The van der Waals surface area contributed by atoms with Crippen molar-refractivity contribution in [3.05, 3.63) is 10.1 Å². The highest BCUT2D eigenvalue weighted by Gasteiger charge is 2.87. The highest BCUT2D eigenvalue weighted by molar-refractivity contribution is 6.66. The number of amides is 2. The Labute approximate surface area is 199 Å². The summed E-state index contributed by atoms with van der Waals surface area (Å²) >= 11 is 39.5. The summed E-state index contributed by atoms with van der Waals surface area (Å²) in [6, 6.07) is 0. The van der Waals surface area contributed by atoms with Gasteiger partial charge in [0.05, 0.1) is 21.9 Å². The quantitative estimate of drug-likeness (QED) is 0.350. The van der Waals surface area contributed by atoms with Crippen LogP contribution in [0.2, 0.25) is 0 Å². The number of alkyl halides is 4. The number of likely N-dealkylation sites (tertiary alicyclic amines) is 1. The molecule has 0 N–H and O–H groups in total. The minimum atomic E-state index is -1.86. The van der Waals surface area contributed by atoms with E-state index in [9.17, 15) is 9.59 Å². The van der Waals surface area contributed by atoms with E-state index in [0.29, 0.717) is 24.3 Å². The lowest BCUT2D eigenvalue weighted by Gasteiger charge is -2.57. The molecule has 29 heavy (non-hydrogen) atoms. The van der Waals surface area contributed by atoms with E-state index in [-0.39, 0.29) is 27.3 Å². The fraction of sp³-hybridized carbons (Fsp3) is 0.800. The van der Waals surface area contributed by atoms with E-state index >= 15 is 0 Å². The molecule has 6 fully saturated rings. The van der Waals surface area contributed by atoms with E-state index < -0.39 is 25.9 Å². The minimum Gasteiger partial charge on any atom is -0.281 e. The van der Waals surface area contributed by atoms with Crippen LogP contribution in [0.15, 0.2) is 10.1 Å². The molecular formula is C20H19Cl6NO2. The summed E-state index contributed by atoms with van der Waals surface area (Å²) in [5, 5.41) is -0.0558. The van der Waals surface area contributed by atoms with Gasteiger partial charge >= 0.3 is 0 Å². The standard InChI is InChI=1S/C20H19Cl6NO2/c21-13-14(22)19(24)12-11(18(13,23)20(19,25)26)15(28)27(16(12)29)7-17-4-8-1-9(5-17)3-10(2-8)6-17/h8-12H,1-7H2/t8?,9?,10?,11-,12-,17?,18+,19+/m1/s1. The first-order valence-corrected chi connectivity index (χ1v) is 12.4. The first kappa shape index (κ1) is 20.2. The summed E-state index contributed by atoms with van der Waals surface area (Å²) in [4.78, 5) is 25.0. The Bertz CT molecular complexity index is 820. The van der Waals surface area contributed by atoms with Gasteiger partial charge in [0.25, 0.3) is 0 Å². The van der Waals surface area contributed by atoms with Gasteiger partial charge < -0.3 is 0 Å². The third-order valence-corrected chi connectivity index (χ3v) is 12.9. The molecule has 7 rings (SSSR count). The van der Waals surface area contributed by atoms with Gasteiger partial charge in [-0.25, -0.2) is 0 Å². The van der Waals surface area contributed by atoms with Crippen molar-refractivity contribution in [2.45, 2.75) is 52.6 Å². The molecule has 0 aromatic heterocycles. The van der Waals surface area contributed by atoms with E-state index in [1.807, 2.05) is 0 Å². The van der Waals surface area contributed by atoms with Gasteiger partial charge in [-0.2, -0.15) is 0 Å². The second-order valence-electron chi connectivity index (χ2n) is 10.3. The maximum Gasteiger partial charge on any atom is 0.235 e. The van der Waals surface area contributed by atoms with E-state index in [1.54, 1.807) is 0 Å². The van der Waals surface area contributed by atoms with Crippen molar-refractivity contribution in [1.29, 1.82) is 0 Å². The number of allylic oxidation sites excluding steroid dienone is 2. The molecule has 0 spiro atoms. The Morgan fingerprint density at radius 2 is 1.14 bits per heavy atom. The molecule has 1 heterocycles. The predicted molar refractivity (Wildman–Crippen MR) is 115 cm³/mol. The van der Waals surface area contributed by atoms with E-state index in [1.165, 1.54) is 24.2 Å². The van der Waals surface area contributed by atoms with Gasteiger partial charge in [0.1, 0.15) is 9.75 Å². The molecule has 158 valence electrons. The highest BCUT2D eigenvalue weighted by Crippen LogP contribution is 2.77. The topological polar surface area (TPSA) is 37.4 Å². The zero-order valence-corrected chi connectivity index (χ0v) is 19.9. The van der Waals surface area contributed by atoms with Crippen LogP contribution >= 0.6 is 69.6 Å². The summed E-state index contributed by atoms with van der Waals surface area (Å²) in [6.45, 7) is 0.425. The van der Waals surface area contributed by atoms with E-state index in [0.717, 1.165) is 19.3 Å². The van der Waals surface area contributed by atoms with Gasteiger partial charge in [0, 0.05) is 6.54 Å². The Balaban J connectivity index is 1.38. The van der Waals surface area contributed by atoms with Gasteiger partial charge in [0.2, 0.25) is 11.8 Å². The molecule has 5 saturated carbocycles. The molecule has 0 unspecified atom stereocenters. The maximum atomic E-state index is 13.5. The lowest BCUT2D eigenvalue weighted by molar-refractivity contribution is -0.147. The van der Waals surface area contributed by atoms with Crippen LogP contribution in [0.5, 0.6) is 0 Å². The van der Waals surface area contributed by atoms with Crippen LogP contribution in [0.25, 0.3) is 0 Å². The molecule has 6 bridgehead atoms. The average Bonchev–Trinajstić information content (AvgIpc) is 2.99.